The normalized spacial score (nSPS) is 11.6. The van der Waals surface area contributed by atoms with Gasteiger partial charge >= 0.3 is 5.97 Å². The molecule has 1 aromatic heterocycles. The first-order chi connectivity index (χ1) is 9.24. The molecule has 0 atom stereocenters. The Bertz CT molecular complexity index is 601. The van der Waals surface area contributed by atoms with Gasteiger partial charge < -0.3 is 10.1 Å². The third-order valence-electron chi connectivity index (χ3n) is 2.94. The summed E-state index contributed by atoms with van der Waals surface area (Å²) in [7, 11) is 1.41. The molecule has 0 spiro atoms. The Morgan fingerprint density at radius 3 is 3.00 bits per heavy atom. The zero-order valence-corrected chi connectivity index (χ0v) is 11.9. The zero-order chi connectivity index (χ0) is 13.7. The van der Waals surface area contributed by atoms with E-state index < -0.39 is 0 Å². The smallest absolute Gasteiger partial charge is 0.333 e. The number of hydrogen-bond acceptors (Lipinski definition) is 4. The van der Waals surface area contributed by atoms with Gasteiger partial charge in [0.25, 0.3) is 0 Å². The molecule has 2 aromatic rings. The number of nitrogens with one attached hydrogen (secondary N) is 1. The number of thiophene rings is 1. The number of methoxy groups -OCH3 is 1. The van der Waals surface area contributed by atoms with E-state index in [9.17, 15) is 4.79 Å². The van der Waals surface area contributed by atoms with Gasteiger partial charge in [-0.2, -0.15) is 0 Å². The summed E-state index contributed by atoms with van der Waals surface area (Å²) in [5, 5.41) is 6.61. The van der Waals surface area contributed by atoms with Gasteiger partial charge in [0.1, 0.15) is 0 Å². The van der Waals surface area contributed by atoms with Crippen LogP contribution in [0.5, 0.6) is 0 Å². The Hall–Kier alpha value is -1.81. The molecule has 0 unspecified atom stereocenters. The lowest BCUT2D eigenvalue weighted by Gasteiger charge is -2.05. The van der Waals surface area contributed by atoms with Crippen molar-refractivity contribution < 1.29 is 9.53 Å². The Kier molecular flexibility index (Phi) is 4.58. The van der Waals surface area contributed by atoms with Gasteiger partial charge in [0.05, 0.1) is 7.11 Å². The number of benzene rings is 1. The van der Waals surface area contributed by atoms with Crippen LogP contribution in [0.1, 0.15) is 13.3 Å². The van der Waals surface area contributed by atoms with E-state index in [4.69, 9.17) is 4.74 Å². The molecular weight excluding hydrogens is 258 g/mol. The highest BCUT2D eigenvalue weighted by Crippen LogP contribution is 2.23. The lowest BCUT2D eigenvalue weighted by atomic mass is 10.2. The molecule has 1 aromatic carbocycles. The van der Waals surface area contributed by atoms with Crippen molar-refractivity contribution in [3.8, 4) is 0 Å². The second kappa shape index (κ2) is 6.38. The van der Waals surface area contributed by atoms with Crippen molar-refractivity contribution in [2.75, 3.05) is 19.0 Å². The highest BCUT2D eigenvalue weighted by molar-refractivity contribution is 7.17. The van der Waals surface area contributed by atoms with Crippen LogP contribution < -0.4 is 5.32 Å². The van der Waals surface area contributed by atoms with Gasteiger partial charge in [-0.3, -0.25) is 0 Å². The van der Waals surface area contributed by atoms with E-state index in [-0.39, 0.29) is 5.97 Å². The fourth-order valence-electron chi connectivity index (χ4n) is 1.87. The third kappa shape index (κ3) is 3.35. The second-order valence-corrected chi connectivity index (χ2v) is 5.08. The van der Waals surface area contributed by atoms with Gasteiger partial charge in [-0.1, -0.05) is 13.0 Å². The van der Waals surface area contributed by atoms with Gasteiger partial charge in [0.15, 0.2) is 0 Å². The quantitative estimate of drug-likeness (QED) is 0.666. The molecule has 0 amide bonds. The maximum atomic E-state index is 11.4. The molecule has 0 fully saturated rings. The Morgan fingerprint density at radius 1 is 1.42 bits per heavy atom. The molecule has 0 aliphatic carbocycles. The maximum Gasteiger partial charge on any atom is 0.333 e. The van der Waals surface area contributed by atoms with Crippen LogP contribution in [-0.2, 0) is 9.53 Å². The first kappa shape index (κ1) is 13.6. The van der Waals surface area contributed by atoms with Gasteiger partial charge in [-0.05, 0) is 41.5 Å². The molecule has 0 radical (unpaired) electrons. The van der Waals surface area contributed by atoms with Crippen LogP contribution in [0.2, 0.25) is 0 Å². The summed E-state index contributed by atoms with van der Waals surface area (Å²) in [4.78, 5) is 11.4. The maximum absolute atomic E-state index is 11.4. The first-order valence-electron chi connectivity index (χ1n) is 6.23. The minimum absolute atomic E-state index is 0.252. The summed E-state index contributed by atoms with van der Waals surface area (Å²) in [5.41, 5.74) is 1.76. The zero-order valence-electron chi connectivity index (χ0n) is 11.1. The molecule has 3 nitrogen and oxygen atoms in total. The number of rotatable bonds is 5. The summed E-state index contributed by atoms with van der Waals surface area (Å²) in [6.45, 7) is 2.56. The molecular formula is C15H17NO2S. The fourth-order valence-corrected chi connectivity index (χ4v) is 2.64. The van der Waals surface area contributed by atoms with Crippen LogP contribution in [-0.4, -0.2) is 19.6 Å². The predicted molar refractivity (Wildman–Crippen MR) is 80.7 cm³/mol. The Balaban J connectivity index is 2.01. The highest BCUT2D eigenvalue weighted by Gasteiger charge is 2.05. The standard InChI is InChI=1S/C15H17NO2S/c1-3-11(15(17)18-2)6-8-16-13-4-5-14-12(10-13)7-9-19-14/h4-7,9-10,16H,3,8H2,1-2H3/b11-6-. The number of fused-ring (bicyclic) bond motifs is 1. The van der Waals surface area contributed by atoms with Gasteiger partial charge in [-0.25, -0.2) is 4.79 Å². The topological polar surface area (TPSA) is 38.3 Å². The number of hydrogen-bond donors (Lipinski definition) is 1. The Morgan fingerprint density at radius 2 is 2.26 bits per heavy atom. The van der Waals surface area contributed by atoms with E-state index in [2.05, 4.69) is 35.0 Å². The van der Waals surface area contributed by atoms with E-state index >= 15 is 0 Å². The van der Waals surface area contributed by atoms with E-state index in [0.717, 1.165) is 5.69 Å². The molecule has 0 saturated heterocycles. The van der Waals surface area contributed by atoms with Crippen LogP contribution in [0.15, 0.2) is 41.3 Å². The molecule has 100 valence electrons. The number of esters is 1. The molecule has 1 N–H and O–H groups in total. The highest BCUT2D eigenvalue weighted by atomic mass is 32.1. The lowest BCUT2D eigenvalue weighted by Crippen LogP contribution is -2.07. The average Bonchev–Trinajstić information content (AvgIpc) is 2.90. The molecule has 2 rings (SSSR count). The summed E-state index contributed by atoms with van der Waals surface area (Å²) in [5.74, 6) is -0.252. The minimum atomic E-state index is -0.252. The predicted octanol–water partition coefficient (Wildman–Crippen LogP) is 3.82. The molecule has 1 heterocycles. The van der Waals surface area contributed by atoms with Crippen molar-refractivity contribution in [3.63, 3.8) is 0 Å². The SMILES string of the molecule is CC/C(=C/CNc1ccc2sccc2c1)C(=O)OC. The minimum Gasteiger partial charge on any atom is -0.466 e. The molecule has 0 aliphatic rings. The molecule has 0 bridgehead atoms. The number of anilines is 1. The fraction of sp³-hybridized carbons (Fsp3) is 0.267. The number of carbonyl (C=O) groups excluding carboxylic acids is 1. The molecule has 4 heteroatoms. The number of carbonyl (C=O) groups is 1. The van der Waals surface area contributed by atoms with Crippen molar-refractivity contribution in [1.29, 1.82) is 0 Å². The first-order valence-corrected chi connectivity index (χ1v) is 7.11. The summed E-state index contributed by atoms with van der Waals surface area (Å²) >= 11 is 1.73. The summed E-state index contributed by atoms with van der Waals surface area (Å²) in [6.07, 6.45) is 2.56. The lowest BCUT2D eigenvalue weighted by molar-refractivity contribution is -0.136. The van der Waals surface area contributed by atoms with Gasteiger partial charge in [0.2, 0.25) is 0 Å². The van der Waals surface area contributed by atoms with Crippen LogP contribution in [0.25, 0.3) is 10.1 Å². The van der Waals surface area contributed by atoms with E-state index in [1.54, 1.807) is 11.3 Å². The molecule has 0 aliphatic heterocycles. The largest absolute Gasteiger partial charge is 0.466 e. The van der Waals surface area contributed by atoms with Crippen LogP contribution >= 0.6 is 11.3 Å². The van der Waals surface area contributed by atoms with Gasteiger partial charge in [-0.15, -0.1) is 11.3 Å². The van der Waals surface area contributed by atoms with Crippen molar-refractivity contribution in [3.05, 3.63) is 41.3 Å². The third-order valence-corrected chi connectivity index (χ3v) is 3.83. The van der Waals surface area contributed by atoms with Gasteiger partial charge in [0, 0.05) is 22.5 Å². The monoisotopic (exact) mass is 275 g/mol. The van der Waals surface area contributed by atoms with E-state index in [0.29, 0.717) is 18.5 Å². The summed E-state index contributed by atoms with van der Waals surface area (Å²) < 4.78 is 6.00. The number of ether oxygens (including phenoxy) is 1. The molecule has 0 saturated carbocycles. The van der Waals surface area contributed by atoms with E-state index in [1.165, 1.54) is 17.2 Å². The average molecular weight is 275 g/mol. The van der Waals surface area contributed by atoms with Crippen molar-refractivity contribution in [2.24, 2.45) is 0 Å². The van der Waals surface area contributed by atoms with Crippen molar-refractivity contribution in [2.45, 2.75) is 13.3 Å². The van der Waals surface area contributed by atoms with E-state index in [1.807, 2.05) is 13.0 Å². The van der Waals surface area contributed by atoms with Crippen LogP contribution in [0, 0.1) is 0 Å². The second-order valence-electron chi connectivity index (χ2n) is 4.13. The van der Waals surface area contributed by atoms with Crippen molar-refractivity contribution in [1.82, 2.24) is 0 Å². The van der Waals surface area contributed by atoms with Crippen LogP contribution in [0.3, 0.4) is 0 Å². The molecule has 19 heavy (non-hydrogen) atoms. The van der Waals surface area contributed by atoms with Crippen LogP contribution in [0.4, 0.5) is 5.69 Å². The Labute approximate surface area is 116 Å². The summed E-state index contributed by atoms with van der Waals surface area (Å²) in [6, 6.07) is 8.37. The van der Waals surface area contributed by atoms with Crippen molar-refractivity contribution >= 4 is 33.1 Å².